The molecule has 0 bridgehead atoms. The molecule has 11 aromatic carbocycles. The van der Waals surface area contributed by atoms with Crippen molar-refractivity contribution in [2.24, 2.45) is 5.92 Å². The molecule has 124 heavy (non-hydrogen) atoms. The van der Waals surface area contributed by atoms with Crippen molar-refractivity contribution < 1.29 is 114 Å². The maximum absolute atomic E-state index is 10.0. The monoisotopic (exact) mass is 2350 g/mol. The van der Waals surface area contributed by atoms with Gasteiger partial charge in [-0.1, -0.05) is 201 Å². The average Bonchev–Trinajstić information content (AvgIpc) is 0.734. The predicted octanol–water partition coefficient (Wildman–Crippen LogP) is 25.9. The van der Waals surface area contributed by atoms with E-state index < -0.39 is 6.85 Å². The summed E-state index contributed by atoms with van der Waals surface area (Å²) in [5.74, 6) is 0.393. The van der Waals surface area contributed by atoms with Crippen LogP contribution in [0.4, 0.5) is 0 Å². The molecule has 0 aliphatic rings. The van der Waals surface area contributed by atoms with E-state index in [4.69, 9.17) is 34.4 Å². The van der Waals surface area contributed by atoms with E-state index in [9.17, 15) is 14.4 Å². The molecule has 6 heterocycles. The Kier molecular flexibility index (Phi) is 39.8. The van der Waals surface area contributed by atoms with Gasteiger partial charge in [-0.2, -0.15) is 0 Å². The molecule has 0 fully saturated rings. The zero-order chi connectivity index (χ0) is 87.8. The van der Waals surface area contributed by atoms with E-state index in [2.05, 4.69) is 167 Å². The number of hydrogen-bond donors (Lipinski definition) is 3. The second-order valence-electron chi connectivity index (χ2n) is 28.4. The van der Waals surface area contributed by atoms with Gasteiger partial charge in [0.25, 0.3) is 0 Å². The summed E-state index contributed by atoms with van der Waals surface area (Å²) >= 11 is 0. The van der Waals surface area contributed by atoms with Crippen molar-refractivity contribution in [1.29, 1.82) is 0 Å². The Morgan fingerprint density at radius 2 is 0.927 bits per heavy atom. The Bertz CT molecular complexity index is 6330. The van der Waals surface area contributed by atoms with Crippen molar-refractivity contribution in [3.63, 3.8) is 0 Å². The van der Waals surface area contributed by atoms with Gasteiger partial charge >= 0.3 is 0 Å². The number of aliphatic hydroxyl groups is 3. The van der Waals surface area contributed by atoms with Crippen molar-refractivity contribution in [2.45, 2.75) is 82.5 Å². The number of pyridine rings is 5. The number of nitrogens with zero attached hydrogens (tertiary/aromatic N) is 7. The Hall–Kier alpha value is -12.2. The maximum atomic E-state index is 10.0. The molecular weight excluding hydrogens is 2250 g/mol. The molecule has 634 valence electrons. The van der Waals surface area contributed by atoms with Gasteiger partial charge in [0, 0.05) is 145 Å². The molecule has 0 aliphatic heterocycles. The first-order chi connectivity index (χ1) is 59.2. The van der Waals surface area contributed by atoms with Gasteiger partial charge in [-0.15, -0.1) is 166 Å². The molecule has 0 amide bonds. The van der Waals surface area contributed by atoms with Gasteiger partial charge in [-0.05, 0) is 158 Å². The summed E-state index contributed by atoms with van der Waals surface area (Å²) < 4.78 is 22.9. The van der Waals surface area contributed by atoms with Crippen LogP contribution in [0.2, 0.25) is 0 Å². The Balaban J connectivity index is 0.000000235. The number of allylic oxidation sites excluding steroid dienone is 6. The molecule has 17 aromatic rings. The second kappa shape index (κ2) is 51.6. The molecule has 0 saturated carbocycles. The minimum absolute atomic E-state index is 0. The number of aryl methyl sites for hydroxylation is 3. The van der Waals surface area contributed by atoms with Crippen LogP contribution >= 0.6 is 0 Å². The van der Waals surface area contributed by atoms with Crippen LogP contribution in [0.15, 0.2) is 352 Å². The second-order valence-corrected chi connectivity index (χ2v) is 28.4. The van der Waals surface area contributed by atoms with Gasteiger partial charge in [0.1, 0.15) is 0 Å². The molecule has 0 unspecified atom stereocenters. The third kappa shape index (κ3) is 31.0. The molecule has 3 N–H and O–H groups in total. The summed E-state index contributed by atoms with van der Waals surface area (Å²) in [5.41, 5.74) is 20.3. The summed E-state index contributed by atoms with van der Waals surface area (Å²) in [6.45, 7) is 14.7. The van der Waals surface area contributed by atoms with E-state index in [1.165, 1.54) is 98.2 Å². The van der Waals surface area contributed by atoms with E-state index >= 15 is 0 Å². The maximum Gasteiger partial charge on any atom is 0.155 e. The first-order valence-corrected chi connectivity index (χ1v) is 39.0. The fourth-order valence-corrected chi connectivity index (χ4v) is 12.8. The van der Waals surface area contributed by atoms with Crippen molar-refractivity contribution >= 4 is 71.6 Å². The van der Waals surface area contributed by atoms with Crippen molar-refractivity contribution in [1.82, 2.24) is 34.9 Å². The molecule has 0 atom stereocenters. The summed E-state index contributed by atoms with van der Waals surface area (Å²) in [4.78, 5) is 61.8. The van der Waals surface area contributed by atoms with Gasteiger partial charge in [0.15, 0.2) is 17.3 Å². The molecule has 0 aliphatic carbocycles. The van der Waals surface area contributed by atoms with Crippen molar-refractivity contribution in [2.75, 3.05) is 0 Å². The molecule has 13 nitrogen and oxygen atoms in total. The van der Waals surface area contributed by atoms with Gasteiger partial charge in [-0.3, -0.25) is 29.3 Å². The fraction of sp³-hybridized carbons (Fsp3) is 0.121. The van der Waals surface area contributed by atoms with Gasteiger partial charge in [0.05, 0.1) is 39.7 Å². The van der Waals surface area contributed by atoms with Crippen LogP contribution in [-0.2, 0) is 101 Å². The molecule has 6 aromatic heterocycles. The van der Waals surface area contributed by atoms with Gasteiger partial charge in [0.2, 0.25) is 0 Å². The van der Waals surface area contributed by atoms with Gasteiger partial charge < -0.3 is 35.3 Å². The standard InChI is InChI=1S/C29H19N2.C21H22N.C16H11N2.C15H10N.C11H8N.3C5H8O2.4Ir/c1-19-18-30-28-24-14-12-22(20-8-4-2-5-9-20)16-26(24)27-17-23(21-10-6-3-7-11-21)13-15-25(27)29(28)31-19;1-14(2)10-17-6-5-7-21-19(17)8-9-20(22-21)18-12-15(3)11-16(4)13-18;1-2-6-13(7-3-1)16-12-14(9-11-18-16)15-8-4-5-10-17-15;1-2-7-13(8-3-1)15-14-9-5-4-6-12(14)10-11-16-15;1-2-6-10(7-3-1)11-8-4-5-9-12-11;3*1-4(6)3-5(2)7;;;;/h2-13,15-18H,1H3;5-9,11-12,14H,10H2,1-4H3;1-6,8-12H;1-7,9-11H;1-6,8-9H;3*3,6H,1-2H3;;;;/q5*-1;;;;;;;/i;4D3;;;;;;;;;;. The number of fused-ring (bicyclic) bond motifs is 8. The first-order valence-electron chi connectivity index (χ1n) is 40.5. The van der Waals surface area contributed by atoms with Crippen LogP contribution in [0.25, 0.3) is 133 Å². The van der Waals surface area contributed by atoms with Crippen LogP contribution in [0.3, 0.4) is 0 Å². The molecule has 0 spiro atoms. The average molecular weight is 2350 g/mol. The zero-order valence-electron chi connectivity index (χ0n) is 73.1. The van der Waals surface area contributed by atoms with E-state index in [-0.39, 0.29) is 121 Å². The Morgan fingerprint density at radius 3 is 1.48 bits per heavy atom. The van der Waals surface area contributed by atoms with Crippen molar-refractivity contribution in [3.05, 3.63) is 404 Å². The quantitative estimate of drug-likeness (QED) is 0.0452. The largest absolute Gasteiger partial charge is 0.512 e. The smallest absolute Gasteiger partial charge is 0.155 e. The van der Waals surface area contributed by atoms with E-state index in [1.807, 2.05) is 202 Å². The first kappa shape index (κ1) is 95.6. The summed E-state index contributed by atoms with van der Waals surface area (Å²) in [6, 6.07) is 111. The number of aromatic nitrogens is 7. The van der Waals surface area contributed by atoms with Crippen LogP contribution in [-0.4, -0.2) is 67.6 Å². The molecular formula is C107H94Ir4N7O6-5. The minimum atomic E-state index is -2.16. The summed E-state index contributed by atoms with van der Waals surface area (Å²) in [7, 11) is 0. The third-order valence-corrected chi connectivity index (χ3v) is 17.8. The van der Waals surface area contributed by atoms with E-state index in [1.54, 1.807) is 24.7 Å². The van der Waals surface area contributed by atoms with Crippen LogP contribution in [0.1, 0.15) is 81.9 Å². The Labute approximate surface area is 785 Å². The molecule has 17 heteroatoms. The number of rotatable bonds is 12. The topological polar surface area (TPSA) is 202 Å². The number of carbonyl (C=O) groups excluding carboxylic acids is 3. The van der Waals surface area contributed by atoms with Crippen molar-refractivity contribution in [3.8, 4) is 78.5 Å². The Morgan fingerprint density at radius 1 is 0.395 bits per heavy atom. The number of benzene rings is 11. The number of hydrogen-bond acceptors (Lipinski definition) is 13. The SMILES string of the molecule is CC(=O)C=C(C)O.CC(=O)C=C(C)O.CC(=O)C=C(C)O.Cc1cnc2c3[c-]cc(-c4ccccc4)cc3c3cc(-c4ccccc4)ccc3c2n1.[2H]C([2H])([2H])c1[c-]c(-c2ccc3c(CC(C)C)cccc3n2)cc(C)c1.[Ir].[Ir].[Ir].[Ir].[c-]1ccccc1-c1cc(-c2ccccn2)ccn1.[c-]1ccccc1-c1ccccn1.[c-]1ccccc1-c1nccc2ccccc12. The van der Waals surface area contributed by atoms with E-state index in [0.29, 0.717) is 5.92 Å². The van der Waals surface area contributed by atoms with Crippen LogP contribution in [0, 0.1) is 56.9 Å². The number of ketones is 3. The summed E-state index contributed by atoms with van der Waals surface area (Å²) in [5, 5.41) is 33.1. The normalized spacial score (nSPS) is 11.0. The summed E-state index contributed by atoms with van der Waals surface area (Å²) in [6.07, 6.45) is 13.6. The molecule has 4 radical (unpaired) electrons. The zero-order valence-corrected chi connectivity index (χ0v) is 79.6. The van der Waals surface area contributed by atoms with Crippen LogP contribution in [0.5, 0.6) is 0 Å². The number of carbonyl (C=O) groups is 3. The third-order valence-electron chi connectivity index (χ3n) is 17.8. The van der Waals surface area contributed by atoms with E-state index in [0.717, 1.165) is 118 Å². The van der Waals surface area contributed by atoms with Crippen LogP contribution < -0.4 is 0 Å². The minimum Gasteiger partial charge on any atom is -0.512 e. The number of aliphatic hydroxyl groups excluding tert-OH is 3. The predicted molar refractivity (Wildman–Crippen MR) is 490 cm³/mol. The molecule has 0 saturated heterocycles. The molecule has 17 rings (SSSR count). The fourth-order valence-electron chi connectivity index (χ4n) is 12.8. The van der Waals surface area contributed by atoms with Gasteiger partial charge in [-0.25, -0.2) is 0 Å².